The summed E-state index contributed by atoms with van der Waals surface area (Å²) < 4.78 is 33.4. The molecule has 1 aromatic carbocycles. The second-order valence-electron chi connectivity index (χ2n) is 6.92. The van der Waals surface area contributed by atoms with Crippen LogP contribution in [-0.4, -0.2) is 41.3 Å². The van der Waals surface area contributed by atoms with E-state index in [1.807, 2.05) is 0 Å². The number of hydrogen-bond acceptors (Lipinski definition) is 6. The molecule has 0 unspecified atom stereocenters. The normalized spacial score (nSPS) is 15.0. The molecule has 3 heterocycles. The number of anilines is 1. The van der Waals surface area contributed by atoms with Gasteiger partial charge < -0.3 is 9.73 Å². The number of halogens is 1. The zero-order valence-corrected chi connectivity index (χ0v) is 17.4. The number of hydrogen-bond donors (Lipinski definition) is 1. The van der Waals surface area contributed by atoms with Crippen LogP contribution < -0.4 is 11.1 Å². The summed E-state index contributed by atoms with van der Waals surface area (Å²) in [6.45, 7) is 1.05. The summed E-state index contributed by atoms with van der Waals surface area (Å²) in [6, 6.07) is 7.52. The van der Waals surface area contributed by atoms with E-state index in [4.69, 9.17) is 16.0 Å². The molecule has 1 saturated heterocycles. The van der Waals surface area contributed by atoms with Gasteiger partial charge in [0.15, 0.2) is 5.58 Å². The molecule has 1 aliphatic heterocycles. The van der Waals surface area contributed by atoms with Gasteiger partial charge in [-0.1, -0.05) is 11.6 Å². The van der Waals surface area contributed by atoms with Crippen LogP contribution in [0, 0.1) is 0 Å². The molecule has 0 spiro atoms. The topological polar surface area (TPSA) is 115 Å². The Kier molecular flexibility index (Phi) is 5.63. The molecule has 11 heteroatoms. The van der Waals surface area contributed by atoms with E-state index in [1.165, 1.54) is 33.3 Å². The molecular formula is C19H19ClN4O5S. The van der Waals surface area contributed by atoms with E-state index in [-0.39, 0.29) is 29.4 Å². The number of nitrogens with zero attached hydrogens (tertiary/aromatic N) is 3. The molecule has 4 rings (SSSR count). The summed E-state index contributed by atoms with van der Waals surface area (Å²) in [4.78, 5) is 28.5. The van der Waals surface area contributed by atoms with Gasteiger partial charge >= 0.3 is 5.76 Å². The van der Waals surface area contributed by atoms with Crippen LogP contribution in [-0.2, 0) is 21.4 Å². The van der Waals surface area contributed by atoms with E-state index < -0.39 is 15.8 Å². The van der Waals surface area contributed by atoms with Gasteiger partial charge in [-0.25, -0.2) is 18.2 Å². The lowest BCUT2D eigenvalue weighted by molar-refractivity contribution is -0.116. The maximum Gasteiger partial charge on any atom is 0.419 e. The predicted octanol–water partition coefficient (Wildman–Crippen LogP) is 2.46. The fourth-order valence-electron chi connectivity index (χ4n) is 3.36. The average Bonchev–Trinajstić information content (AvgIpc) is 3.36. The largest absolute Gasteiger partial charge is 0.419 e. The van der Waals surface area contributed by atoms with Crippen molar-refractivity contribution in [3.63, 3.8) is 0 Å². The molecule has 1 aliphatic rings. The van der Waals surface area contributed by atoms with Crippen molar-refractivity contribution in [1.82, 2.24) is 13.9 Å². The molecular weight excluding hydrogens is 432 g/mol. The number of nitrogens with one attached hydrogen (secondary N) is 1. The average molecular weight is 451 g/mol. The first-order valence-corrected chi connectivity index (χ1v) is 11.2. The van der Waals surface area contributed by atoms with Gasteiger partial charge in [0.1, 0.15) is 5.82 Å². The molecule has 3 aromatic rings. The Balaban J connectivity index is 1.51. The molecule has 0 saturated carbocycles. The monoisotopic (exact) mass is 450 g/mol. The number of carbonyl (C=O) groups excluding carboxylic acids is 1. The Morgan fingerprint density at radius 1 is 1.20 bits per heavy atom. The van der Waals surface area contributed by atoms with Crippen molar-refractivity contribution in [2.45, 2.75) is 30.7 Å². The molecule has 2 aromatic heterocycles. The van der Waals surface area contributed by atoms with Crippen LogP contribution in [0.15, 0.2) is 50.6 Å². The first kappa shape index (κ1) is 20.6. The fraction of sp³-hybridized carbons (Fsp3) is 0.316. The van der Waals surface area contributed by atoms with Crippen molar-refractivity contribution in [2.75, 3.05) is 18.4 Å². The summed E-state index contributed by atoms with van der Waals surface area (Å²) in [7, 11) is -3.62. The van der Waals surface area contributed by atoms with E-state index in [9.17, 15) is 18.0 Å². The molecule has 0 aliphatic carbocycles. The van der Waals surface area contributed by atoms with Gasteiger partial charge in [-0.3, -0.25) is 9.36 Å². The zero-order chi connectivity index (χ0) is 21.3. The fourth-order valence-corrected chi connectivity index (χ4v) is 5.01. The zero-order valence-electron chi connectivity index (χ0n) is 15.9. The number of aromatic nitrogens is 2. The van der Waals surface area contributed by atoms with E-state index >= 15 is 0 Å². The van der Waals surface area contributed by atoms with E-state index in [0.717, 1.165) is 12.8 Å². The molecule has 158 valence electrons. The Labute approximate surface area is 177 Å². The highest BCUT2D eigenvalue weighted by molar-refractivity contribution is 7.89. The highest BCUT2D eigenvalue weighted by atomic mass is 35.5. The molecule has 0 bridgehead atoms. The van der Waals surface area contributed by atoms with Gasteiger partial charge in [-0.15, -0.1) is 0 Å². The minimum atomic E-state index is -3.62. The molecule has 1 fully saturated rings. The lowest BCUT2D eigenvalue weighted by Crippen LogP contribution is -2.27. The number of oxazole rings is 1. The third kappa shape index (κ3) is 4.11. The van der Waals surface area contributed by atoms with Crippen molar-refractivity contribution in [3.8, 4) is 0 Å². The lowest BCUT2D eigenvalue weighted by atomic mass is 10.3. The van der Waals surface area contributed by atoms with Crippen molar-refractivity contribution in [2.24, 2.45) is 0 Å². The number of rotatable bonds is 6. The molecule has 0 radical (unpaired) electrons. The highest BCUT2D eigenvalue weighted by Crippen LogP contribution is 2.24. The van der Waals surface area contributed by atoms with Crippen molar-refractivity contribution in [3.05, 3.63) is 52.1 Å². The van der Waals surface area contributed by atoms with E-state index in [2.05, 4.69) is 10.3 Å². The van der Waals surface area contributed by atoms with E-state index in [0.29, 0.717) is 29.4 Å². The van der Waals surface area contributed by atoms with Crippen LogP contribution in [0.1, 0.15) is 19.3 Å². The second-order valence-corrected chi connectivity index (χ2v) is 9.29. The molecule has 30 heavy (non-hydrogen) atoms. The quantitative estimate of drug-likeness (QED) is 0.616. The van der Waals surface area contributed by atoms with Crippen LogP contribution in [0.4, 0.5) is 5.82 Å². The van der Waals surface area contributed by atoms with Crippen LogP contribution in [0.25, 0.3) is 11.1 Å². The SMILES string of the molecule is O=C(CCn1c(=O)oc2cc(S(=O)(=O)N3CCCC3)ccc21)Nc1ccc(Cl)cn1. The molecule has 0 atom stereocenters. The number of pyridine rings is 1. The predicted molar refractivity (Wildman–Crippen MR) is 111 cm³/mol. The van der Waals surface area contributed by atoms with Crippen molar-refractivity contribution < 1.29 is 17.6 Å². The summed E-state index contributed by atoms with van der Waals surface area (Å²) in [5.74, 6) is -0.636. The Bertz CT molecular complexity index is 1240. The number of amides is 1. The molecule has 1 N–H and O–H groups in total. The summed E-state index contributed by atoms with van der Waals surface area (Å²) in [6.07, 6.45) is 3.09. The maximum atomic E-state index is 12.7. The Morgan fingerprint density at radius 3 is 2.67 bits per heavy atom. The summed E-state index contributed by atoms with van der Waals surface area (Å²) in [5, 5.41) is 3.07. The summed E-state index contributed by atoms with van der Waals surface area (Å²) in [5.41, 5.74) is 0.595. The first-order valence-electron chi connectivity index (χ1n) is 9.39. The summed E-state index contributed by atoms with van der Waals surface area (Å²) >= 11 is 5.76. The van der Waals surface area contributed by atoms with Crippen molar-refractivity contribution >= 4 is 44.4 Å². The van der Waals surface area contributed by atoms with Gasteiger partial charge in [0.2, 0.25) is 15.9 Å². The minimum Gasteiger partial charge on any atom is -0.408 e. The molecule has 9 nitrogen and oxygen atoms in total. The van der Waals surface area contributed by atoms with Crippen LogP contribution >= 0.6 is 11.6 Å². The van der Waals surface area contributed by atoms with E-state index in [1.54, 1.807) is 12.1 Å². The number of fused-ring (bicyclic) bond motifs is 1. The van der Waals surface area contributed by atoms with Crippen LogP contribution in [0.2, 0.25) is 5.02 Å². The second kappa shape index (κ2) is 8.21. The lowest BCUT2D eigenvalue weighted by Gasteiger charge is -2.15. The van der Waals surface area contributed by atoms with Gasteiger partial charge in [0.05, 0.1) is 15.4 Å². The highest BCUT2D eigenvalue weighted by Gasteiger charge is 2.28. The van der Waals surface area contributed by atoms with Gasteiger partial charge in [-0.2, -0.15) is 4.31 Å². The standard InChI is InChI=1S/C19H19ClN4O5S/c20-13-3-6-17(21-12-13)22-18(25)7-10-24-15-5-4-14(11-16(15)29-19(24)26)30(27,28)23-8-1-2-9-23/h3-6,11-12H,1-2,7-10H2,(H,21,22,25). The minimum absolute atomic E-state index is 0.00662. The van der Waals surface area contributed by atoms with Gasteiger partial charge in [-0.05, 0) is 37.1 Å². The Morgan fingerprint density at radius 2 is 1.97 bits per heavy atom. The smallest absolute Gasteiger partial charge is 0.408 e. The Hall–Kier alpha value is -2.69. The van der Waals surface area contributed by atoms with Gasteiger partial charge in [0, 0.05) is 38.3 Å². The number of carbonyl (C=O) groups is 1. The molecule has 1 amide bonds. The maximum absolute atomic E-state index is 12.7. The van der Waals surface area contributed by atoms with Gasteiger partial charge in [0.25, 0.3) is 0 Å². The number of aryl methyl sites for hydroxylation is 1. The first-order chi connectivity index (χ1) is 14.3. The third-order valence-electron chi connectivity index (χ3n) is 4.90. The van der Waals surface area contributed by atoms with Crippen LogP contribution in [0.3, 0.4) is 0 Å². The number of sulfonamides is 1. The van der Waals surface area contributed by atoms with Crippen molar-refractivity contribution in [1.29, 1.82) is 0 Å². The number of benzene rings is 1. The third-order valence-corrected chi connectivity index (χ3v) is 7.02. The van der Waals surface area contributed by atoms with Crippen LogP contribution in [0.5, 0.6) is 0 Å².